The fourth-order valence-electron chi connectivity index (χ4n) is 3.48. The van der Waals surface area contributed by atoms with Crippen molar-refractivity contribution in [3.05, 3.63) is 21.8 Å². The number of aliphatic hydroxyl groups is 1. The van der Waals surface area contributed by atoms with Gasteiger partial charge in [-0.05, 0) is 36.9 Å². The number of aliphatic hydroxyl groups excluding tert-OH is 1. The molecule has 0 amide bonds. The number of piperidine rings is 1. The van der Waals surface area contributed by atoms with Crippen LogP contribution in [-0.2, 0) is 6.42 Å². The molecule has 1 fully saturated rings. The second-order valence-electron chi connectivity index (χ2n) is 6.87. The lowest BCUT2D eigenvalue weighted by Crippen LogP contribution is -2.37. The maximum Gasteiger partial charge on any atom is 0.355 e. The average Bonchev–Trinajstić information content (AvgIpc) is 3.32. The Hall–Kier alpha value is -1.88. The molecule has 29 heavy (non-hydrogen) atoms. The van der Waals surface area contributed by atoms with Crippen LogP contribution in [0.15, 0.2) is 14.9 Å². The largest absolute Gasteiger partial charge is 0.476 e. The summed E-state index contributed by atoms with van der Waals surface area (Å²) in [5.74, 6) is -0.116. The van der Waals surface area contributed by atoms with E-state index in [1.54, 1.807) is 0 Å². The molecule has 0 saturated carbocycles. The molecule has 3 N–H and O–H groups in total. The highest BCUT2D eigenvalue weighted by atomic mass is 35.5. The first-order valence-electron chi connectivity index (χ1n) is 9.30. The van der Waals surface area contributed by atoms with Gasteiger partial charge < -0.3 is 20.1 Å². The lowest BCUT2D eigenvalue weighted by Gasteiger charge is -2.33. The van der Waals surface area contributed by atoms with Gasteiger partial charge >= 0.3 is 5.97 Å². The zero-order chi connectivity index (χ0) is 20.5. The maximum absolute atomic E-state index is 11.1. The van der Waals surface area contributed by atoms with E-state index >= 15 is 0 Å². The highest BCUT2D eigenvalue weighted by molar-refractivity contribution is 8.00. The number of nitrogens with one attached hydrogen (secondary N) is 1. The molecule has 0 aromatic carbocycles. The number of halogens is 1. The van der Waals surface area contributed by atoms with E-state index in [1.165, 1.54) is 28.5 Å². The molecule has 0 bridgehead atoms. The van der Waals surface area contributed by atoms with Gasteiger partial charge in [0.2, 0.25) is 0 Å². The summed E-state index contributed by atoms with van der Waals surface area (Å²) in [5, 5.41) is 22.1. The van der Waals surface area contributed by atoms with E-state index < -0.39 is 5.97 Å². The number of carbonyl (C=O) groups is 1. The van der Waals surface area contributed by atoms with Crippen LogP contribution in [0.5, 0.6) is 0 Å². The summed E-state index contributed by atoms with van der Waals surface area (Å²) in [6.07, 6.45) is 2.70. The Morgan fingerprint density at radius 2 is 2.28 bits per heavy atom. The van der Waals surface area contributed by atoms with Crippen LogP contribution in [0.25, 0.3) is 11.0 Å². The molecule has 1 aliphatic heterocycles. The maximum atomic E-state index is 11.1. The molecule has 1 unspecified atom stereocenters. The molecule has 1 saturated heterocycles. The molecule has 4 rings (SSSR count). The minimum atomic E-state index is -1.06. The lowest BCUT2D eigenvalue weighted by atomic mass is 9.99. The van der Waals surface area contributed by atoms with Gasteiger partial charge in [-0.3, -0.25) is 0 Å². The number of aromatic amines is 1. The first kappa shape index (κ1) is 20.4. The van der Waals surface area contributed by atoms with E-state index in [4.69, 9.17) is 21.7 Å². The van der Waals surface area contributed by atoms with Crippen molar-refractivity contribution in [2.45, 2.75) is 35.7 Å². The van der Waals surface area contributed by atoms with Crippen LogP contribution in [0.4, 0.5) is 5.82 Å². The molecule has 11 heteroatoms. The second-order valence-corrected chi connectivity index (χ2v) is 9.32. The monoisotopic (exact) mass is 453 g/mol. The third-order valence-corrected chi connectivity index (χ3v) is 7.16. The van der Waals surface area contributed by atoms with Crippen LogP contribution in [0.3, 0.4) is 0 Å². The van der Waals surface area contributed by atoms with Crippen molar-refractivity contribution in [2.24, 2.45) is 5.92 Å². The van der Waals surface area contributed by atoms with Crippen LogP contribution in [0, 0.1) is 5.92 Å². The van der Waals surface area contributed by atoms with Crippen LogP contribution >= 0.6 is 34.7 Å². The van der Waals surface area contributed by atoms with Gasteiger partial charge in [-0.1, -0.05) is 18.5 Å². The number of H-pyrrole nitrogens is 1. The lowest BCUT2D eigenvalue weighted by molar-refractivity contribution is 0.0691. The Kier molecular flexibility index (Phi) is 5.95. The Bertz CT molecular complexity index is 1050. The van der Waals surface area contributed by atoms with Crippen LogP contribution in [0.1, 0.15) is 35.9 Å². The molecule has 1 atom stereocenters. The Labute approximate surface area is 180 Å². The number of anilines is 1. The minimum absolute atomic E-state index is 0.0109. The summed E-state index contributed by atoms with van der Waals surface area (Å²) in [6, 6.07) is 0. The summed E-state index contributed by atoms with van der Waals surface area (Å²) in [7, 11) is 0. The van der Waals surface area contributed by atoms with E-state index in [2.05, 4.69) is 19.9 Å². The predicted octanol–water partition coefficient (Wildman–Crippen LogP) is 3.69. The van der Waals surface area contributed by atoms with E-state index in [1.807, 2.05) is 6.92 Å². The number of aromatic nitrogens is 4. The molecule has 3 aromatic rings. The average molecular weight is 454 g/mol. The van der Waals surface area contributed by atoms with Crippen molar-refractivity contribution < 1.29 is 15.0 Å². The quantitative estimate of drug-likeness (QED) is 0.484. The number of fused-ring (bicyclic) bond motifs is 1. The predicted molar refractivity (Wildman–Crippen MR) is 113 cm³/mol. The number of hydrogen-bond acceptors (Lipinski definition) is 8. The van der Waals surface area contributed by atoms with E-state index in [0.717, 1.165) is 42.7 Å². The van der Waals surface area contributed by atoms with E-state index in [0.29, 0.717) is 26.7 Å². The van der Waals surface area contributed by atoms with E-state index in [-0.39, 0.29) is 18.2 Å². The molecule has 8 nitrogen and oxygen atoms in total. The van der Waals surface area contributed by atoms with Crippen molar-refractivity contribution >= 4 is 57.5 Å². The van der Waals surface area contributed by atoms with Gasteiger partial charge in [0, 0.05) is 30.8 Å². The van der Waals surface area contributed by atoms with Crippen molar-refractivity contribution in [1.82, 2.24) is 19.9 Å². The van der Waals surface area contributed by atoms with Gasteiger partial charge in [-0.2, -0.15) is 0 Å². The molecular formula is C18H20ClN5O3S2. The summed E-state index contributed by atoms with van der Waals surface area (Å²) < 4.78 is 0.563. The molecule has 0 spiro atoms. The molecule has 1 aliphatic rings. The first-order valence-corrected chi connectivity index (χ1v) is 11.4. The Morgan fingerprint density at radius 1 is 1.45 bits per heavy atom. The molecule has 3 aromatic heterocycles. The number of aryl methyl sites for hydroxylation is 1. The molecule has 154 valence electrons. The van der Waals surface area contributed by atoms with Crippen LogP contribution in [0.2, 0.25) is 5.02 Å². The van der Waals surface area contributed by atoms with Crippen molar-refractivity contribution in [1.29, 1.82) is 0 Å². The summed E-state index contributed by atoms with van der Waals surface area (Å²) in [6.45, 7) is 3.70. The third kappa shape index (κ3) is 4.07. The molecule has 0 aliphatic carbocycles. The SMILES string of the molecule is CCc1[nH]c2nc(Sc3nc(C(=O)O)cs3)nc(N3CCCC(CO)C3)c2c1Cl. The van der Waals surface area contributed by atoms with Crippen molar-refractivity contribution in [2.75, 3.05) is 24.6 Å². The topological polar surface area (TPSA) is 115 Å². The standard InChI is InChI=1S/C18H20ClN5O3S2/c1-2-10-13(19)12-14(20-10)22-17(29-18-21-11(8-28-18)16(26)27)23-15(12)24-5-3-4-9(6-24)7-25/h8-9,25H,2-7H2,1H3,(H,26,27)(H,20,22,23). The first-order chi connectivity index (χ1) is 14.0. The van der Waals surface area contributed by atoms with Gasteiger partial charge in [-0.15, -0.1) is 11.3 Å². The molecular weight excluding hydrogens is 434 g/mol. The number of rotatable bonds is 6. The van der Waals surface area contributed by atoms with Gasteiger partial charge in [0.25, 0.3) is 0 Å². The minimum Gasteiger partial charge on any atom is -0.476 e. The number of hydrogen-bond donors (Lipinski definition) is 3. The van der Waals surface area contributed by atoms with Gasteiger partial charge in [0.05, 0.1) is 10.4 Å². The number of carboxylic acid groups (broad SMARTS) is 1. The fraction of sp³-hybridized carbons (Fsp3) is 0.444. The smallest absolute Gasteiger partial charge is 0.355 e. The van der Waals surface area contributed by atoms with Crippen molar-refractivity contribution in [3.63, 3.8) is 0 Å². The number of carboxylic acids is 1. The van der Waals surface area contributed by atoms with Gasteiger partial charge in [-0.25, -0.2) is 19.7 Å². The summed E-state index contributed by atoms with van der Waals surface area (Å²) in [5.41, 5.74) is 1.56. The Morgan fingerprint density at radius 3 is 2.97 bits per heavy atom. The highest BCUT2D eigenvalue weighted by Gasteiger charge is 2.26. The number of thiazole rings is 1. The van der Waals surface area contributed by atoms with Crippen LogP contribution in [-0.4, -0.2) is 55.8 Å². The van der Waals surface area contributed by atoms with Gasteiger partial charge in [0.15, 0.2) is 15.2 Å². The normalized spacial score (nSPS) is 17.2. The van der Waals surface area contributed by atoms with Gasteiger partial charge in [0.1, 0.15) is 11.5 Å². The fourth-order valence-corrected chi connectivity index (χ4v) is 5.48. The summed E-state index contributed by atoms with van der Waals surface area (Å²) >= 11 is 9.11. The van der Waals surface area contributed by atoms with Crippen LogP contribution < -0.4 is 4.90 Å². The molecule has 4 heterocycles. The third-order valence-electron chi connectivity index (χ3n) is 4.93. The molecule has 0 radical (unpaired) electrons. The highest BCUT2D eigenvalue weighted by Crippen LogP contribution is 2.38. The Balaban J connectivity index is 1.76. The second kappa shape index (κ2) is 8.47. The van der Waals surface area contributed by atoms with Crippen molar-refractivity contribution in [3.8, 4) is 0 Å². The van der Waals surface area contributed by atoms with E-state index in [9.17, 15) is 9.90 Å². The zero-order valence-corrected chi connectivity index (χ0v) is 18.1. The number of aromatic carboxylic acids is 1. The summed E-state index contributed by atoms with van der Waals surface area (Å²) in [4.78, 5) is 30.0. The zero-order valence-electron chi connectivity index (χ0n) is 15.7. The number of nitrogens with zero attached hydrogens (tertiary/aromatic N) is 4.